The first kappa shape index (κ1) is 18.5. The average Bonchev–Trinajstić information content (AvgIpc) is 2.55. The molecule has 0 spiro atoms. The summed E-state index contributed by atoms with van der Waals surface area (Å²) in [6.07, 6.45) is 2.60. The number of nitrogens with one attached hydrogen (secondary N) is 2. The second-order valence-electron chi connectivity index (χ2n) is 5.60. The van der Waals surface area contributed by atoms with Gasteiger partial charge < -0.3 is 15.5 Å². The van der Waals surface area contributed by atoms with Crippen molar-refractivity contribution >= 4 is 40.6 Å². The molecule has 0 saturated carbocycles. The molecule has 1 heterocycles. The van der Waals surface area contributed by atoms with E-state index in [2.05, 4.69) is 20.5 Å². The van der Waals surface area contributed by atoms with E-state index in [1.165, 1.54) is 0 Å². The van der Waals surface area contributed by atoms with Gasteiger partial charge in [0.1, 0.15) is 5.82 Å². The largest absolute Gasteiger partial charge is 0.370 e. The van der Waals surface area contributed by atoms with Gasteiger partial charge >= 0.3 is 0 Å². The molecule has 2 N–H and O–H groups in total. The zero-order valence-electron chi connectivity index (χ0n) is 13.6. The van der Waals surface area contributed by atoms with Crippen LogP contribution in [-0.4, -0.2) is 43.0 Å². The maximum atomic E-state index is 12.3. The van der Waals surface area contributed by atoms with Crippen LogP contribution in [0, 0.1) is 0 Å². The summed E-state index contributed by atoms with van der Waals surface area (Å²) in [4.78, 5) is 18.7. The zero-order chi connectivity index (χ0) is 17.5. The number of halogens is 2. The Hall–Kier alpha value is -1.82. The molecule has 0 aliphatic heterocycles. The van der Waals surface area contributed by atoms with Crippen molar-refractivity contribution in [2.45, 2.75) is 6.42 Å². The highest BCUT2D eigenvalue weighted by Gasteiger charge is 2.08. The number of hydrogen-bond donors (Lipinski definition) is 2. The van der Waals surface area contributed by atoms with Crippen LogP contribution < -0.4 is 10.6 Å². The molecule has 1 aromatic heterocycles. The fraction of sp³-hybridized carbons (Fsp3) is 0.294. The summed E-state index contributed by atoms with van der Waals surface area (Å²) in [5.41, 5.74) is 1.11. The smallest absolute Gasteiger partial charge is 0.255 e. The van der Waals surface area contributed by atoms with Crippen molar-refractivity contribution in [3.8, 4) is 0 Å². The SMILES string of the molecule is CN(C)CCCNc1cc(C(=O)Nc2ccc(Cl)c(Cl)c2)ccn1. The van der Waals surface area contributed by atoms with Crippen molar-refractivity contribution in [2.75, 3.05) is 37.8 Å². The average molecular weight is 367 g/mol. The zero-order valence-corrected chi connectivity index (χ0v) is 15.2. The van der Waals surface area contributed by atoms with Gasteiger partial charge in [0.05, 0.1) is 10.0 Å². The maximum Gasteiger partial charge on any atom is 0.255 e. The predicted molar refractivity (Wildman–Crippen MR) is 100 cm³/mol. The molecular formula is C17H20Cl2N4O. The van der Waals surface area contributed by atoms with Crippen LogP contribution in [0.4, 0.5) is 11.5 Å². The molecule has 1 aromatic carbocycles. The number of pyridine rings is 1. The molecule has 24 heavy (non-hydrogen) atoms. The van der Waals surface area contributed by atoms with Crippen molar-refractivity contribution < 1.29 is 4.79 Å². The van der Waals surface area contributed by atoms with E-state index in [1.807, 2.05) is 14.1 Å². The standard InChI is InChI=1S/C17H20Cl2N4O/c1-23(2)9-3-7-20-16-10-12(6-8-21-16)17(24)22-13-4-5-14(18)15(19)11-13/h4-6,8,10-11H,3,7,9H2,1-2H3,(H,20,21)(H,22,24). The number of anilines is 2. The number of rotatable bonds is 7. The van der Waals surface area contributed by atoms with Gasteiger partial charge in [0.25, 0.3) is 5.91 Å². The van der Waals surface area contributed by atoms with Gasteiger partial charge in [-0.2, -0.15) is 0 Å². The number of amides is 1. The van der Waals surface area contributed by atoms with Gasteiger partial charge in [-0.1, -0.05) is 23.2 Å². The number of benzene rings is 1. The van der Waals surface area contributed by atoms with Crippen LogP contribution in [0.3, 0.4) is 0 Å². The maximum absolute atomic E-state index is 12.3. The van der Waals surface area contributed by atoms with E-state index in [-0.39, 0.29) is 5.91 Å². The minimum absolute atomic E-state index is 0.230. The summed E-state index contributed by atoms with van der Waals surface area (Å²) >= 11 is 11.8. The minimum atomic E-state index is -0.230. The van der Waals surface area contributed by atoms with E-state index in [4.69, 9.17) is 23.2 Å². The second-order valence-corrected chi connectivity index (χ2v) is 6.41. The summed E-state index contributed by atoms with van der Waals surface area (Å²) in [5.74, 6) is 0.447. The monoisotopic (exact) mass is 366 g/mol. The molecule has 0 aliphatic carbocycles. The molecule has 0 fully saturated rings. The van der Waals surface area contributed by atoms with Gasteiger partial charge in [-0.15, -0.1) is 0 Å². The van der Waals surface area contributed by atoms with E-state index in [0.29, 0.717) is 27.1 Å². The van der Waals surface area contributed by atoms with Crippen LogP contribution in [0.5, 0.6) is 0 Å². The lowest BCUT2D eigenvalue weighted by Crippen LogP contribution is -2.17. The molecule has 0 atom stereocenters. The quantitative estimate of drug-likeness (QED) is 0.727. The van der Waals surface area contributed by atoms with E-state index < -0.39 is 0 Å². The lowest BCUT2D eigenvalue weighted by Gasteiger charge is -2.11. The summed E-state index contributed by atoms with van der Waals surface area (Å²) in [5, 5.41) is 6.85. The molecule has 1 amide bonds. The van der Waals surface area contributed by atoms with Gasteiger partial charge in [-0.25, -0.2) is 4.98 Å². The molecule has 0 radical (unpaired) electrons. The fourth-order valence-corrected chi connectivity index (χ4v) is 2.36. The van der Waals surface area contributed by atoms with E-state index in [0.717, 1.165) is 19.5 Å². The Morgan fingerprint density at radius 2 is 1.96 bits per heavy atom. The van der Waals surface area contributed by atoms with Crippen LogP contribution in [0.15, 0.2) is 36.5 Å². The number of carbonyl (C=O) groups is 1. The Morgan fingerprint density at radius 3 is 2.67 bits per heavy atom. The molecule has 2 rings (SSSR count). The first-order valence-electron chi connectivity index (χ1n) is 7.57. The van der Waals surface area contributed by atoms with E-state index in [1.54, 1.807) is 36.5 Å². The molecule has 0 unspecified atom stereocenters. The molecule has 2 aromatic rings. The van der Waals surface area contributed by atoms with E-state index >= 15 is 0 Å². The van der Waals surface area contributed by atoms with Crippen LogP contribution in [-0.2, 0) is 0 Å². The fourth-order valence-electron chi connectivity index (χ4n) is 2.06. The first-order chi connectivity index (χ1) is 11.5. The van der Waals surface area contributed by atoms with Gasteiger partial charge in [-0.3, -0.25) is 4.79 Å². The van der Waals surface area contributed by atoms with Crippen LogP contribution in [0.2, 0.25) is 10.0 Å². The van der Waals surface area contributed by atoms with Crippen LogP contribution in [0.1, 0.15) is 16.8 Å². The number of aromatic nitrogens is 1. The van der Waals surface area contributed by atoms with Gasteiger partial charge in [0, 0.05) is 24.0 Å². The lowest BCUT2D eigenvalue weighted by atomic mass is 10.2. The third-order valence-electron chi connectivity index (χ3n) is 3.29. The van der Waals surface area contributed by atoms with Crippen molar-refractivity contribution in [2.24, 2.45) is 0 Å². The highest BCUT2D eigenvalue weighted by atomic mass is 35.5. The Balaban J connectivity index is 1.96. The van der Waals surface area contributed by atoms with Gasteiger partial charge in [-0.05, 0) is 57.4 Å². The van der Waals surface area contributed by atoms with Crippen molar-refractivity contribution in [3.63, 3.8) is 0 Å². The van der Waals surface area contributed by atoms with Crippen LogP contribution in [0.25, 0.3) is 0 Å². The third-order valence-corrected chi connectivity index (χ3v) is 4.03. The Labute approximate surface area is 152 Å². The number of nitrogens with zero attached hydrogens (tertiary/aromatic N) is 2. The molecule has 5 nitrogen and oxygen atoms in total. The lowest BCUT2D eigenvalue weighted by molar-refractivity contribution is 0.102. The number of carbonyl (C=O) groups excluding carboxylic acids is 1. The highest BCUT2D eigenvalue weighted by molar-refractivity contribution is 6.42. The summed E-state index contributed by atoms with van der Waals surface area (Å²) in [6.45, 7) is 1.79. The van der Waals surface area contributed by atoms with Crippen molar-refractivity contribution in [3.05, 3.63) is 52.1 Å². The third kappa shape index (κ3) is 5.67. The first-order valence-corrected chi connectivity index (χ1v) is 8.32. The molecule has 0 aliphatic rings. The number of hydrogen-bond acceptors (Lipinski definition) is 4. The molecule has 7 heteroatoms. The van der Waals surface area contributed by atoms with Crippen molar-refractivity contribution in [1.82, 2.24) is 9.88 Å². The summed E-state index contributed by atoms with van der Waals surface area (Å²) < 4.78 is 0. The Bertz CT molecular complexity index is 707. The predicted octanol–water partition coefficient (Wildman–Crippen LogP) is 4.00. The second kappa shape index (κ2) is 8.87. The summed E-state index contributed by atoms with van der Waals surface area (Å²) in [6, 6.07) is 8.35. The molecular weight excluding hydrogens is 347 g/mol. The molecule has 0 saturated heterocycles. The van der Waals surface area contributed by atoms with Gasteiger partial charge in [0.15, 0.2) is 0 Å². The highest BCUT2D eigenvalue weighted by Crippen LogP contribution is 2.25. The van der Waals surface area contributed by atoms with E-state index in [9.17, 15) is 4.79 Å². The molecule has 0 bridgehead atoms. The van der Waals surface area contributed by atoms with Crippen LogP contribution >= 0.6 is 23.2 Å². The molecule has 128 valence electrons. The topological polar surface area (TPSA) is 57.3 Å². The normalized spacial score (nSPS) is 10.7. The van der Waals surface area contributed by atoms with Crippen molar-refractivity contribution in [1.29, 1.82) is 0 Å². The van der Waals surface area contributed by atoms with Gasteiger partial charge in [0.2, 0.25) is 0 Å². The Morgan fingerprint density at radius 1 is 1.17 bits per heavy atom. The minimum Gasteiger partial charge on any atom is -0.370 e. The summed E-state index contributed by atoms with van der Waals surface area (Å²) in [7, 11) is 4.07. The Kier molecular flexibility index (Phi) is 6.85.